The number of thioether (sulfide) groups is 1. The minimum atomic E-state index is -0.334. The summed E-state index contributed by atoms with van der Waals surface area (Å²) >= 11 is 1.67. The molecule has 0 heterocycles. The normalized spacial score (nSPS) is 11.8. The number of aldehydes is 1. The van der Waals surface area contributed by atoms with Gasteiger partial charge in [-0.3, -0.25) is 4.79 Å². The Morgan fingerprint density at radius 3 is 2.72 bits per heavy atom. The Morgan fingerprint density at radius 2 is 2.08 bits per heavy atom. The van der Waals surface area contributed by atoms with E-state index >= 15 is 0 Å². The number of amides is 1. The first-order chi connectivity index (χ1) is 12.0. The number of nitrogens with zero attached hydrogens (tertiary/aromatic N) is 1. The highest BCUT2D eigenvalue weighted by Crippen LogP contribution is 2.16. The van der Waals surface area contributed by atoms with Gasteiger partial charge < -0.3 is 14.4 Å². The highest BCUT2D eigenvalue weighted by atomic mass is 32.2. The van der Waals surface area contributed by atoms with Crippen LogP contribution in [0.5, 0.6) is 5.75 Å². The van der Waals surface area contributed by atoms with Gasteiger partial charge in [-0.25, -0.2) is 4.39 Å². The fraction of sp³-hybridized carbons (Fsp3) is 0.579. The molecule has 0 saturated heterocycles. The van der Waals surface area contributed by atoms with Crippen molar-refractivity contribution in [1.82, 2.24) is 4.90 Å². The van der Waals surface area contributed by atoms with Gasteiger partial charge in [0.2, 0.25) is 5.91 Å². The Bertz CT molecular complexity index is 533. The first kappa shape index (κ1) is 21.5. The molecule has 1 rings (SSSR count). The summed E-state index contributed by atoms with van der Waals surface area (Å²) < 4.78 is 18.8. The number of rotatable bonds is 12. The molecule has 0 spiro atoms. The molecule has 0 aliphatic rings. The number of benzene rings is 1. The number of carbonyl (C=O) groups excluding carboxylic acids is 2. The van der Waals surface area contributed by atoms with Crippen molar-refractivity contribution >= 4 is 24.0 Å². The number of ether oxygens (including phenoxy) is 1. The van der Waals surface area contributed by atoms with Gasteiger partial charge in [-0.2, -0.15) is 11.8 Å². The molecule has 0 aromatic heterocycles. The molecule has 0 saturated carbocycles. The van der Waals surface area contributed by atoms with E-state index in [1.165, 1.54) is 12.1 Å². The molecule has 0 bridgehead atoms. The zero-order valence-electron chi connectivity index (χ0n) is 15.3. The van der Waals surface area contributed by atoms with E-state index in [0.29, 0.717) is 25.2 Å². The van der Waals surface area contributed by atoms with Crippen molar-refractivity contribution < 1.29 is 18.7 Å². The summed E-state index contributed by atoms with van der Waals surface area (Å²) in [6.07, 6.45) is 6.36. The number of hydrogen-bond donors (Lipinski definition) is 0. The van der Waals surface area contributed by atoms with Crippen LogP contribution < -0.4 is 4.74 Å². The van der Waals surface area contributed by atoms with Crippen LogP contribution in [0.15, 0.2) is 18.2 Å². The second-order valence-corrected chi connectivity index (χ2v) is 7.10. The van der Waals surface area contributed by atoms with Gasteiger partial charge >= 0.3 is 0 Å². The third kappa shape index (κ3) is 8.38. The van der Waals surface area contributed by atoms with Crippen LogP contribution in [0.25, 0.3) is 0 Å². The van der Waals surface area contributed by atoms with Crippen molar-refractivity contribution in [1.29, 1.82) is 0 Å². The van der Waals surface area contributed by atoms with E-state index in [4.69, 9.17) is 4.74 Å². The summed E-state index contributed by atoms with van der Waals surface area (Å²) in [5.74, 6) is 1.10. The topological polar surface area (TPSA) is 46.6 Å². The molecule has 1 aromatic carbocycles. The minimum absolute atomic E-state index is 0.000114. The van der Waals surface area contributed by atoms with Crippen molar-refractivity contribution in [3.63, 3.8) is 0 Å². The van der Waals surface area contributed by atoms with Crippen molar-refractivity contribution in [3.8, 4) is 5.75 Å². The maximum Gasteiger partial charge on any atom is 0.222 e. The maximum absolute atomic E-state index is 13.2. The van der Waals surface area contributed by atoms with Crippen molar-refractivity contribution in [2.75, 3.05) is 25.7 Å². The largest absolute Gasteiger partial charge is 0.493 e. The SMILES string of the molecule is CSCCC(C=O)N(C)C(=O)CCCCCOc1cc(C)cc(F)c1. The Kier molecular flexibility index (Phi) is 10.2. The van der Waals surface area contributed by atoms with Gasteiger partial charge in [0.15, 0.2) is 0 Å². The van der Waals surface area contributed by atoms with Gasteiger partial charge in [-0.05, 0) is 62.3 Å². The van der Waals surface area contributed by atoms with Crippen LogP contribution in [0.1, 0.15) is 37.7 Å². The Labute approximate surface area is 154 Å². The smallest absolute Gasteiger partial charge is 0.222 e. The molecular formula is C19H28FNO3S. The van der Waals surface area contributed by atoms with Gasteiger partial charge in [0.25, 0.3) is 0 Å². The summed E-state index contributed by atoms with van der Waals surface area (Å²) in [4.78, 5) is 24.8. The summed E-state index contributed by atoms with van der Waals surface area (Å²) in [7, 11) is 1.69. The van der Waals surface area contributed by atoms with Crippen molar-refractivity contribution in [2.45, 2.75) is 45.1 Å². The number of carbonyl (C=O) groups is 2. The molecule has 1 amide bonds. The minimum Gasteiger partial charge on any atom is -0.493 e. The van der Waals surface area contributed by atoms with E-state index in [1.807, 2.05) is 13.2 Å². The molecule has 25 heavy (non-hydrogen) atoms. The predicted octanol–water partition coefficient (Wildman–Crippen LogP) is 3.85. The third-order valence-electron chi connectivity index (χ3n) is 3.99. The average Bonchev–Trinajstić information content (AvgIpc) is 2.57. The zero-order valence-corrected chi connectivity index (χ0v) is 16.1. The standard InChI is InChI=1S/C19H28FNO3S/c1-15-11-16(20)13-18(12-15)24-9-6-4-5-7-19(23)21(2)17(14-22)8-10-25-3/h11-14,17H,4-10H2,1-3H3. The molecule has 0 aliphatic carbocycles. The van der Waals surface area contributed by atoms with Crippen LogP contribution in [-0.4, -0.2) is 48.8 Å². The third-order valence-corrected chi connectivity index (χ3v) is 4.63. The average molecular weight is 370 g/mol. The highest BCUT2D eigenvalue weighted by molar-refractivity contribution is 7.98. The van der Waals surface area contributed by atoms with Crippen molar-refractivity contribution in [3.05, 3.63) is 29.6 Å². The second kappa shape index (κ2) is 11.9. The molecule has 0 N–H and O–H groups in total. The van der Waals surface area contributed by atoms with E-state index in [0.717, 1.165) is 36.9 Å². The fourth-order valence-corrected chi connectivity index (χ4v) is 2.96. The number of halogens is 1. The fourth-order valence-electron chi connectivity index (χ4n) is 2.48. The molecule has 4 nitrogen and oxygen atoms in total. The van der Waals surface area contributed by atoms with E-state index in [2.05, 4.69) is 0 Å². The van der Waals surface area contributed by atoms with Gasteiger partial charge in [0.1, 0.15) is 17.9 Å². The number of unbranched alkanes of at least 4 members (excludes halogenated alkanes) is 2. The lowest BCUT2D eigenvalue weighted by Crippen LogP contribution is -2.38. The van der Waals surface area contributed by atoms with Crippen LogP contribution >= 0.6 is 11.8 Å². The summed E-state index contributed by atoms with van der Waals surface area (Å²) in [6.45, 7) is 2.32. The van der Waals surface area contributed by atoms with E-state index in [9.17, 15) is 14.0 Å². The van der Waals surface area contributed by atoms with Crippen LogP contribution in [0.3, 0.4) is 0 Å². The maximum atomic E-state index is 13.2. The lowest BCUT2D eigenvalue weighted by Gasteiger charge is -2.23. The molecule has 1 atom stereocenters. The summed E-state index contributed by atoms with van der Waals surface area (Å²) in [5.41, 5.74) is 0.829. The lowest BCUT2D eigenvalue weighted by atomic mass is 10.1. The van der Waals surface area contributed by atoms with Crippen LogP contribution in [0.2, 0.25) is 0 Å². The molecule has 140 valence electrons. The molecule has 0 aliphatic heterocycles. The lowest BCUT2D eigenvalue weighted by molar-refractivity contribution is -0.134. The quantitative estimate of drug-likeness (QED) is 0.415. The number of aryl methyl sites for hydroxylation is 1. The van der Waals surface area contributed by atoms with Crippen molar-refractivity contribution in [2.24, 2.45) is 0 Å². The second-order valence-electron chi connectivity index (χ2n) is 6.11. The van der Waals surface area contributed by atoms with Gasteiger partial charge in [-0.1, -0.05) is 0 Å². The summed E-state index contributed by atoms with van der Waals surface area (Å²) in [6, 6.07) is 4.30. The van der Waals surface area contributed by atoms with Crippen LogP contribution in [0, 0.1) is 12.7 Å². The number of hydrogen-bond acceptors (Lipinski definition) is 4. The van der Waals surface area contributed by atoms with Crippen LogP contribution in [0.4, 0.5) is 4.39 Å². The first-order valence-electron chi connectivity index (χ1n) is 8.57. The molecule has 1 aromatic rings. The molecule has 1 unspecified atom stereocenters. The molecule has 0 fully saturated rings. The first-order valence-corrected chi connectivity index (χ1v) is 9.97. The van der Waals surface area contributed by atoms with Crippen LogP contribution in [-0.2, 0) is 9.59 Å². The number of likely N-dealkylation sites (N-methyl/N-ethyl adjacent to an activating group) is 1. The van der Waals surface area contributed by atoms with Gasteiger partial charge in [0.05, 0.1) is 12.6 Å². The monoisotopic (exact) mass is 369 g/mol. The Hall–Kier alpha value is -1.56. The predicted molar refractivity (Wildman–Crippen MR) is 101 cm³/mol. The molecule has 0 radical (unpaired) electrons. The van der Waals surface area contributed by atoms with E-state index in [-0.39, 0.29) is 17.8 Å². The Balaban J connectivity index is 2.21. The zero-order chi connectivity index (χ0) is 18.7. The molecule has 6 heteroatoms. The Morgan fingerprint density at radius 1 is 1.32 bits per heavy atom. The van der Waals surface area contributed by atoms with Gasteiger partial charge in [0, 0.05) is 19.5 Å². The highest BCUT2D eigenvalue weighted by Gasteiger charge is 2.18. The summed E-state index contributed by atoms with van der Waals surface area (Å²) in [5, 5.41) is 0. The van der Waals surface area contributed by atoms with Gasteiger partial charge in [-0.15, -0.1) is 0 Å². The van der Waals surface area contributed by atoms with E-state index in [1.54, 1.807) is 29.8 Å². The van der Waals surface area contributed by atoms with E-state index < -0.39 is 0 Å². The molecular weight excluding hydrogens is 341 g/mol.